The highest BCUT2D eigenvalue weighted by atomic mass is 16.5. The first-order valence-electron chi connectivity index (χ1n) is 9.30. The number of aromatic nitrogens is 6. The fourth-order valence-corrected chi connectivity index (χ4v) is 3.50. The molecule has 3 aromatic rings. The van der Waals surface area contributed by atoms with E-state index in [1.807, 2.05) is 24.1 Å². The molecule has 5 rings (SSSR count). The molecule has 140 valence electrons. The number of nitrogens with zero attached hydrogens (tertiary/aromatic N) is 7. The van der Waals surface area contributed by atoms with E-state index in [0.717, 1.165) is 37.3 Å². The first-order valence-corrected chi connectivity index (χ1v) is 9.30. The number of likely N-dealkylation sites (tertiary alicyclic amines) is 1. The van der Waals surface area contributed by atoms with Gasteiger partial charge in [-0.15, -0.1) is 15.3 Å². The van der Waals surface area contributed by atoms with E-state index in [4.69, 9.17) is 4.74 Å². The fraction of sp³-hybridized carbons (Fsp3) is 0.500. The summed E-state index contributed by atoms with van der Waals surface area (Å²) in [6.07, 6.45) is 6.61. The van der Waals surface area contributed by atoms with Crippen molar-refractivity contribution in [3.8, 4) is 5.88 Å². The molecule has 0 bridgehead atoms. The lowest BCUT2D eigenvalue weighted by molar-refractivity contribution is 0.0777. The average molecular weight is 367 g/mol. The van der Waals surface area contributed by atoms with Gasteiger partial charge in [0.05, 0.1) is 12.9 Å². The molecule has 1 aliphatic carbocycles. The van der Waals surface area contributed by atoms with Crippen molar-refractivity contribution in [3.63, 3.8) is 0 Å². The van der Waals surface area contributed by atoms with Crippen LogP contribution in [0.4, 0.5) is 0 Å². The average Bonchev–Trinajstić information content (AvgIpc) is 3.09. The van der Waals surface area contributed by atoms with Crippen molar-refractivity contribution in [1.29, 1.82) is 0 Å². The molecule has 1 aliphatic heterocycles. The third kappa shape index (κ3) is 3.13. The van der Waals surface area contributed by atoms with Crippen LogP contribution in [0, 0.1) is 5.92 Å². The molecule has 2 fully saturated rings. The van der Waals surface area contributed by atoms with Crippen molar-refractivity contribution in [3.05, 3.63) is 36.2 Å². The lowest BCUT2D eigenvalue weighted by Gasteiger charge is -2.15. The Hall–Kier alpha value is -2.97. The van der Waals surface area contributed by atoms with Gasteiger partial charge >= 0.3 is 0 Å². The summed E-state index contributed by atoms with van der Waals surface area (Å²) in [5.41, 5.74) is 1.24. The Bertz CT molecular complexity index is 991. The zero-order valence-corrected chi connectivity index (χ0v) is 15.2. The second-order valence-corrected chi connectivity index (χ2v) is 7.42. The van der Waals surface area contributed by atoms with Crippen molar-refractivity contribution in [1.82, 2.24) is 34.3 Å². The van der Waals surface area contributed by atoms with Crippen molar-refractivity contribution in [2.45, 2.75) is 25.2 Å². The lowest BCUT2D eigenvalue weighted by atomic mass is 10.1. The Morgan fingerprint density at radius 3 is 2.93 bits per heavy atom. The van der Waals surface area contributed by atoms with Crippen LogP contribution in [-0.4, -0.2) is 59.9 Å². The highest BCUT2D eigenvalue weighted by Crippen LogP contribution is 2.38. The van der Waals surface area contributed by atoms with Gasteiger partial charge in [-0.05, 0) is 25.3 Å². The minimum atomic E-state index is -0.0174. The maximum absolute atomic E-state index is 12.5. The second-order valence-electron chi connectivity index (χ2n) is 7.42. The Kier molecular flexibility index (Phi) is 3.80. The molecule has 1 atom stereocenters. The standard InChI is InChI=1S/C18H21N7O2/c1-23-9-14(19-11-23)18(26)24-7-6-12(8-24)10-27-16-5-4-15-20-21-17(13-2-3-13)25(15)22-16/h4-5,9,11-13H,2-3,6-8,10H2,1H3. The number of ether oxygens (including phenoxy) is 1. The van der Waals surface area contributed by atoms with E-state index in [9.17, 15) is 4.79 Å². The van der Waals surface area contributed by atoms with Crippen LogP contribution in [0.2, 0.25) is 0 Å². The molecular formula is C18H21N7O2. The first kappa shape index (κ1) is 16.2. The predicted octanol–water partition coefficient (Wildman–Crippen LogP) is 1.28. The molecule has 1 saturated carbocycles. The molecule has 9 heteroatoms. The summed E-state index contributed by atoms with van der Waals surface area (Å²) in [6, 6.07) is 3.71. The third-order valence-electron chi connectivity index (χ3n) is 5.17. The van der Waals surface area contributed by atoms with Gasteiger partial charge in [0.25, 0.3) is 5.91 Å². The molecule has 27 heavy (non-hydrogen) atoms. The van der Waals surface area contributed by atoms with Crippen LogP contribution in [0.25, 0.3) is 5.65 Å². The molecular weight excluding hydrogens is 346 g/mol. The second kappa shape index (κ2) is 6.33. The van der Waals surface area contributed by atoms with Crippen LogP contribution in [0.3, 0.4) is 0 Å². The number of imidazole rings is 1. The summed E-state index contributed by atoms with van der Waals surface area (Å²) < 4.78 is 9.49. The molecule has 1 amide bonds. The third-order valence-corrected chi connectivity index (χ3v) is 5.17. The number of rotatable bonds is 5. The largest absolute Gasteiger partial charge is 0.476 e. The van der Waals surface area contributed by atoms with E-state index in [0.29, 0.717) is 36.6 Å². The van der Waals surface area contributed by atoms with Crippen molar-refractivity contribution in [2.24, 2.45) is 13.0 Å². The van der Waals surface area contributed by atoms with Gasteiger partial charge in [-0.1, -0.05) is 0 Å². The van der Waals surface area contributed by atoms with E-state index < -0.39 is 0 Å². The maximum Gasteiger partial charge on any atom is 0.274 e. The first-order chi connectivity index (χ1) is 13.2. The fourth-order valence-electron chi connectivity index (χ4n) is 3.50. The van der Waals surface area contributed by atoms with E-state index >= 15 is 0 Å². The summed E-state index contributed by atoms with van der Waals surface area (Å²) in [4.78, 5) is 18.5. The van der Waals surface area contributed by atoms with Gasteiger partial charge in [-0.3, -0.25) is 4.79 Å². The van der Waals surface area contributed by atoms with Crippen LogP contribution >= 0.6 is 0 Å². The van der Waals surface area contributed by atoms with Crippen molar-refractivity contribution < 1.29 is 9.53 Å². The van der Waals surface area contributed by atoms with E-state index in [-0.39, 0.29) is 5.91 Å². The number of carbonyl (C=O) groups excluding carboxylic acids is 1. The van der Waals surface area contributed by atoms with Gasteiger partial charge in [0, 0.05) is 44.2 Å². The Morgan fingerprint density at radius 1 is 1.26 bits per heavy atom. The summed E-state index contributed by atoms with van der Waals surface area (Å²) in [5, 5.41) is 12.9. The van der Waals surface area contributed by atoms with Gasteiger partial charge in [-0.2, -0.15) is 4.52 Å². The Labute approximate surface area is 156 Å². The predicted molar refractivity (Wildman–Crippen MR) is 95.5 cm³/mol. The van der Waals surface area contributed by atoms with E-state index in [1.54, 1.807) is 21.6 Å². The van der Waals surface area contributed by atoms with Crippen molar-refractivity contribution in [2.75, 3.05) is 19.7 Å². The van der Waals surface area contributed by atoms with E-state index in [1.165, 1.54) is 0 Å². The molecule has 0 spiro atoms. The highest BCUT2D eigenvalue weighted by molar-refractivity contribution is 5.92. The monoisotopic (exact) mass is 367 g/mol. The van der Waals surface area contributed by atoms with Crippen LogP contribution in [0.1, 0.15) is 41.5 Å². The zero-order valence-electron chi connectivity index (χ0n) is 15.2. The summed E-state index contributed by atoms with van der Waals surface area (Å²) in [5.74, 6) is 2.24. The Balaban J connectivity index is 1.21. The van der Waals surface area contributed by atoms with Gasteiger partial charge < -0.3 is 14.2 Å². The SMILES string of the molecule is Cn1cnc(C(=O)N2CCC(COc3ccc4nnc(C5CC5)n4n3)C2)c1. The molecule has 0 aromatic carbocycles. The minimum Gasteiger partial charge on any atom is -0.476 e. The van der Waals surface area contributed by atoms with Crippen molar-refractivity contribution >= 4 is 11.6 Å². The molecule has 2 aliphatic rings. The number of aryl methyl sites for hydroxylation is 1. The minimum absolute atomic E-state index is 0.0174. The van der Waals surface area contributed by atoms with Crippen LogP contribution in [0.5, 0.6) is 5.88 Å². The molecule has 9 nitrogen and oxygen atoms in total. The number of hydrogen-bond acceptors (Lipinski definition) is 6. The number of fused-ring (bicyclic) bond motifs is 1. The maximum atomic E-state index is 12.5. The molecule has 1 unspecified atom stereocenters. The number of carbonyl (C=O) groups is 1. The summed E-state index contributed by atoms with van der Waals surface area (Å²) in [7, 11) is 1.86. The quantitative estimate of drug-likeness (QED) is 0.675. The van der Waals surface area contributed by atoms with Gasteiger partial charge in [0.15, 0.2) is 11.5 Å². The highest BCUT2D eigenvalue weighted by Gasteiger charge is 2.30. The molecule has 4 heterocycles. The van der Waals surface area contributed by atoms with Crippen LogP contribution in [0.15, 0.2) is 24.7 Å². The topological polar surface area (TPSA) is 90.4 Å². The molecule has 0 radical (unpaired) electrons. The molecule has 0 N–H and O–H groups in total. The van der Waals surface area contributed by atoms with Crippen LogP contribution < -0.4 is 4.74 Å². The van der Waals surface area contributed by atoms with Crippen LogP contribution in [-0.2, 0) is 7.05 Å². The molecule has 3 aromatic heterocycles. The van der Waals surface area contributed by atoms with Gasteiger partial charge in [0.2, 0.25) is 5.88 Å². The van der Waals surface area contributed by atoms with Gasteiger partial charge in [0.1, 0.15) is 5.69 Å². The zero-order chi connectivity index (χ0) is 18.4. The number of amides is 1. The number of hydrogen-bond donors (Lipinski definition) is 0. The summed E-state index contributed by atoms with van der Waals surface area (Å²) >= 11 is 0. The smallest absolute Gasteiger partial charge is 0.274 e. The Morgan fingerprint density at radius 2 is 2.15 bits per heavy atom. The normalized spacial score (nSPS) is 19.7. The molecule has 1 saturated heterocycles. The summed E-state index contributed by atoms with van der Waals surface area (Å²) in [6.45, 7) is 1.94. The van der Waals surface area contributed by atoms with E-state index in [2.05, 4.69) is 20.3 Å². The lowest BCUT2D eigenvalue weighted by Crippen LogP contribution is -2.29. The van der Waals surface area contributed by atoms with Gasteiger partial charge in [-0.25, -0.2) is 4.98 Å².